The van der Waals surface area contributed by atoms with Crippen LogP contribution in [-0.4, -0.2) is 111 Å². The summed E-state index contributed by atoms with van der Waals surface area (Å²) in [5.74, 6) is -2.05. The van der Waals surface area contributed by atoms with Crippen molar-refractivity contribution in [3.63, 3.8) is 0 Å². The van der Waals surface area contributed by atoms with Crippen LogP contribution in [0.1, 0.15) is 97.3 Å². The Bertz CT molecular complexity index is 758. The molecule has 0 saturated heterocycles. The fourth-order valence-corrected chi connectivity index (χ4v) is 3.45. The van der Waals surface area contributed by atoms with Crippen molar-refractivity contribution in [3.8, 4) is 0 Å². The van der Waals surface area contributed by atoms with Gasteiger partial charge in [-0.05, 0) is 64.8 Å². The minimum absolute atomic E-state index is 0.0191. The topological polar surface area (TPSA) is 226 Å². The summed E-state index contributed by atoms with van der Waals surface area (Å²) >= 11 is 0. The number of hydroxylamine groups is 6. The number of hydrogen-bond donors (Lipinski definition) is 7. The summed E-state index contributed by atoms with van der Waals surface area (Å²) in [6, 6.07) is 0. The second-order valence-electron chi connectivity index (χ2n) is 9.66. The van der Waals surface area contributed by atoms with Crippen LogP contribution in [0.2, 0.25) is 0 Å². The van der Waals surface area contributed by atoms with E-state index in [9.17, 15) is 39.6 Å². The van der Waals surface area contributed by atoms with Crippen LogP contribution < -0.4 is 16.4 Å². The minimum Gasteiger partial charge on any atom is -0.397 e. The number of amides is 5. The molecule has 15 heteroatoms. The van der Waals surface area contributed by atoms with Crippen molar-refractivity contribution in [2.45, 2.75) is 97.3 Å². The first-order valence-electron chi connectivity index (χ1n) is 14.8. The molecular weight excluding hydrogens is 552 g/mol. The van der Waals surface area contributed by atoms with Gasteiger partial charge in [0.1, 0.15) is 0 Å². The number of unbranched alkanes of at least 4 members (excludes halogenated alkanes) is 6. The summed E-state index contributed by atoms with van der Waals surface area (Å²) in [4.78, 5) is 58.4. The molecule has 0 spiro atoms. The third kappa shape index (κ3) is 26.1. The zero-order valence-electron chi connectivity index (χ0n) is 25.4. The van der Waals surface area contributed by atoms with Gasteiger partial charge in [0.2, 0.25) is 29.5 Å². The van der Waals surface area contributed by atoms with Gasteiger partial charge in [-0.2, -0.15) is 0 Å². The molecule has 0 aliphatic heterocycles. The summed E-state index contributed by atoms with van der Waals surface area (Å²) in [5.41, 5.74) is 5.39. The number of nitrogens with one attached hydrogen (secondary N) is 2. The molecule has 8 N–H and O–H groups in total. The first kappa shape index (κ1) is 41.3. The molecule has 0 fully saturated rings. The van der Waals surface area contributed by atoms with E-state index in [4.69, 9.17) is 10.8 Å². The predicted octanol–water partition coefficient (Wildman–Crippen LogP) is 0.921. The summed E-state index contributed by atoms with van der Waals surface area (Å²) in [5, 5.41) is 43.6. The summed E-state index contributed by atoms with van der Waals surface area (Å²) in [7, 11) is 0. The van der Waals surface area contributed by atoms with E-state index < -0.39 is 17.7 Å². The maximum Gasteiger partial charge on any atom is 0.246 e. The predicted molar refractivity (Wildman–Crippen MR) is 154 cm³/mol. The average Bonchev–Trinajstić information content (AvgIpc) is 2.96. The molecule has 15 nitrogen and oxygen atoms in total. The molecule has 0 aromatic carbocycles. The van der Waals surface area contributed by atoms with Crippen molar-refractivity contribution in [1.29, 1.82) is 0 Å². The van der Waals surface area contributed by atoms with Gasteiger partial charge >= 0.3 is 0 Å². The molecule has 0 rings (SSSR count). The molecule has 0 saturated carbocycles. The zero-order valence-corrected chi connectivity index (χ0v) is 25.4. The lowest BCUT2D eigenvalue weighted by Crippen LogP contribution is -2.31. The molecule has 0 bridgehead atoms. The van der Waals surface area contributed by atoms with Crippen molar-refractivity contribution < 1.29 is 44.7 Å². The quantitative estimate of drug-likeness (QED) is 0.0494. The molecule has 5 amide bonds. The lowest BCUT2D eigenvalue weighted by molar-refractivity contribution is -0.166. The molecule has 0 aliphatic carbocycles. The molecule has 0 radical (unpaired) electrons. The summed E-state index contributed by atoms with van der Waals surface area (Å²) in [6.45, 7) is 5.15. The lowest BCUT2D eigenvalue weighted by atomic mass is 10.2. The van der Waals surface area contributed by atoms with Gasteiger partial charge in [-0.25, -0.2) is 15.2 Å². The van der Waals surface area contributed by atoms with Crippen LogP contribution in [0.15, 0.2) is 0 Å². The number of hydrogen-bond acceptors (Lipinski definition) is 10. The standard InChI is InChI=1S/C25H48N6O8.C2H6O/c1-21(32)29(37)18-9-3-6-16-27-22(33)12-14-25(36)31(39)20-10-4-7-17-28-23(34)11-13-24(35)30(38)19-8-2-5-15-26;1-2-3/h37-39H,2-20,26H2,1H3,(H,27,33)(H,28,34);3H,2H2,1H3. The second-order valence-corrected chi connectivity index (χ2v) is 9.66. The van der Waals surface area contributed by atoms with E-state index in [0.717, 1.165) is 19.3 Å². The monoisotopic (exact) mass is 606 g/mol. The molecule has 0 unspecified atom stereocenters. The van der Waals surface area contributed by atoms with Gasteiger partial charge in [-0.1, -0.05) is 6.42 Å². The van der Waals surface area contributed by atoms with Crippen molar-refractivity contribution >= 4 is 29.5 Å². The third-order valence-corrected chi connectivity index (χ3v) is 5.88. The number of nitrogens with two attached hydrogens (primary N) is 1. The van der Waals surface area contributed by atoms with Gasteiger partial charge in [-0.3, -0.25) is 39.6 Å². The van der Waals surface area contributed by atoms with E-state index in [-0.39, 0.29) is 63.7 Å². The van der Waals surface area contributed by atoms with Crippen LogP contribution in [0.3, 0.4) is 0 Å². The highest BCUT2D eigenvalue weighted by Gasteiger charge is 2.14. The van der Waals surface area contributed by atoms with Crippen LogP contribution in [0.25, 0.3) is 0 Å². The Morgan fingerprint density at radius 2 is 0.952 bits per heavy atom. The van der Waals surface area contributed by atoms with Crippen LogP contribution in [0.4, 0.5) is 0 Å². The molecule has 0 atom stereocenters. The number of aliphatic hydroxyl groups is 1. The van der Waals surface area contributed by atoms with Crippen LogP contribution in [-0.2, 0) is 24.0 Å². The van der Waals surface area contributed by atoms with Crippen LogP contribution >= 0.6 is 0 Å². The summed E-state index contributed by atoms with van der Waals surface area (Å²) in [6.07, 6.45) is 5.84. The molecule has 0 heterocycles. The Morgan fingerprint density at radius 3 is 1.31 bits per heavy atom. The minimum atomic E-state index is -0.548. The van der Waals surface area contributed by atoms with E-state index in [1.165, 1.54) is 6.92 Å². The second kappa shape index (κ2) is 28.3. The lowest BCUT2D eigenvalue weighted by Gasteiger charge is -2.15. The highest BCUT2D eigenvalue weighted by Crippen LogP contribution is 2.03. The van der Waals surface area contributed by atoms with E-state index >= 15 is 0 Å². The normalized spacial score (nSPS) is 10.3. The SMILES string of the molecule is CC(=O)N(O)CCCCCNC(=O)CCC(=O)N(O)CCCCCNC(=O)CCC(=O)N(O)CCCCCN.CCO. The number of carbonyl (C=O) groups is 5. The molecule has 0 aromatic rings. The van der Waals surface area contributed by atoms with E-state index in [0.29, 0.717) is 73.3 Å². The first-order valence-corrected chi connectivity index (χ1v) is 14.8. The van der Waals surface area contributed by atoms with Crippen molar-refractivity contribution in [2.75, 3.05) is 45.9 Å². The maximum absolute atomic E-state index is 12.0. The molecular formula is C27H54N6O9. The fraction of sp³-hybridized carbons (Fsp3) is 0.815. The van der Waals surface area contributed by atoms with Gasteiger partial charge in [0, 0.05) is 71.9 Å². The fourth-order valence-electron chi connectivity index (χ4n) is 3.45. The highest BCUT2D eigenvalue weighted by atomic mass is 16.5. The Morgan fingerprint density at radius 1 is 0.595 bits per heavy atom. The smallest absolute Gasteiger partial charge is 0.246 e. The first-order chi connectivity index (χ1) is 20.0. The number of nitrogens with zero attached hydrogens (tertiary/aromatic N) is 3. The Hall–Kier alpha value is -2.85. The van der Waals surface area contributed by atoms with Crippen molar-refractivity contribution in [1.82, 2.24) is 25.8 Å². The Labute approximate surface area is 249 Å². The largest absolute Gasteiger partial charge is 0.397 e. The van der Waals surface area contributed by atoms with Crippen molar-refractivity contribution in [3.05, 3.63) is 0 Å². The average molecular weight is 607 g/mol. The molecule has 42 heavy (non-hydrogen) atoms. The van der Waals surface area contributed by atoms with E-state index in [1.54, 1.807) is 6.92 Å². The Kier molecular flexibility index (Phi) is 27.8. The van der Waals surface area contributed by atoms with Gasteiger partial charge in [-0.15, -0.1) is 0 Å². The number of carbonyl (C=O) groups excluding carboxylic acids is 5. The van der Waals surface area contributed by atoms with Gasteiger partial charge < -0.3 is 21.5 Å². The number of aliphatic hydroxyl groups excluding tert-OH is 1. The summed E-state index contributed by atoms with van der Waals surface area (Å²) < 4.78 is 0. The van der Waals surface area contributed by atoms with Gasteiger partial charge in [0.25, 0.3) is 0 Å². The third-order valence-electron chi connectivity index (χ3n) is 5.88. The van der Waals surface area contributed by atoms with E-state index in [2.05, 4.69) is 10.6 Å². The molecule has 0 aromatic heterocycles. The molecule has 0 aliphatic rings. The van der Waals surface area contributed by atoms with Gasteiger partial charge in [0.05, 0.1) is 0 Å². The van der Waals surface area contributed by atoms with Gasteiger partial charge in [0.15, 0.2) is 0 Å². The zero-order chi connectivity index (χ0) is 32.2. The number of rotatable bonds is 23. The van der Waals surface area contributed by atoms with Crippen LogP contribution in [0, 0.1) is 0 Å². The Balaban J connectivity index is 0. The molecule has 246 valence electrons. The van der Waals surface area contributed by atoms with Crippen molar-refractivity contribution in [2.24, 2.45) is 5.73 Å². The maximum atomic E-state index is 12.0. The van der Waals surface area contributed by atoms with Crippen LogP contribution in [0.5, 0.6) is 0 Å². The van der Waals surface area contributed by atoms with E-state index in [1.807, 2.05) is 0 Å². The highest BCUT2D eigenvalue weighted by molar-refractivity contribution is 5.83.